The average Bonchev–Trinajstić information content (AvgIpc) is 2.65. The first-order valence-corrected chi connectivity index (χ1v) is 6.57. The van der Waals surface area contributed by atoms with Gasteiger partial charge in [-0.15, -0.1) is 0 Å². The Bertz CT molecular complexity index is 623. The van der Waals surface area contributed by atoms with Gasteiger partial charge in [-0.1, -0.05) is 0 Å². The maximum Gasteiger partial charge on any atom is 0.137 e. The molecular weight excluding hydrogens is 341 g/mol. The van der Waals surface area contributed by atoms with E-state index in [4.69, 9.17) is 5.26 Å². The van der Waals surface area contributed by atoms with Crippen LogP contribution in [0.25, 0.3) is 5.65 Å². The van der Waals surface area contributed by atoms with Crippen molar-refractivity contribution in [3.8, 4) is 6.07 Å². The topological polar surface area (TPSA) is 65.5 Å². The highest BCUT2D eigenvalue weighted by molar-refractivity contribution is 14.1. The van der Waals surface area contributed by atoms with Gasteiger partial charge in [-0.05, 0) is 41.6 Å². The molecule has 18 heavy (non-hydrogen) atoms. The largest absolute Gasteiger partial charge is 0.309 e. The smallest absolute Gasteiger partial charge is 0.137 e. The molecule has 0 aliphatic rings. The number of halogens is 1. The fraction of sp³-hybridized carbons (Fsp3) is 0.250. The predicted octanol–water partition coefficient (Wildman–Crippen LogP) is 2.08. The number of nitrogens with zero attached hydrogens (tertiary/aromatic N) is 4. The van der Waals surface area contributed by atoms with E-state index in [0.29, 0.717) is 13.0 Å². The van der Waals surface area contributed by atoms with Crippen LogP contribution in [-0.4, -0.2) is 22.1 Å². The van der Waals surface area contributed by atoms with Crippen LogP contribution < -0.4 is 5.43 Å². The van der Waals surface area contributed by atoms with Crippen LogP contribution in [-0.2, 0) is 0 Å². The Balaban J connectivity index is 2.24. The second-order valence-electron chi connectivity index (χ2n) is 3.73. The molecule has 92 valence electrons. The van der Waals surface area contributed by atoms with E-state index < -0.39 is 0 Å². The van der Waals surface area contributed by atoms with Crippen LogP contribution in [0.2, 0.25) is 0 Å². The Morgan fingerprint density at radius 3 is 3.22 bits per heavy atom. The van der Waals surface area contributed by atoms with Crippen molar-refractivity contribution in [3.05, 3.63) is 33.3 Å². The highest BCUT2D eigenvalue weighted by atomic mass is 127. The van der Waals surface area contributed by atoms with E-state index in [2.05, 4.69) is 44.2 Å². The zero-order valence-electron chi connectivity index (χ0n) is 9.89. The van der Waals surface area contributed by atoms with Crippen molar-refractivity contribution in [2.24, 2.45) is 5.10 Å². The Morgan fingerprint density at radius 2 is 2.44 bits per heavy atom. The number of rotatable bonds is 4. The molecule has 0 fully saturated rings. The molecule has 0 aromatic carbocycles. The first kappa shape index (κ1) is 12.8. The van der Waals surface area contributed by atoms with Crippen LogP contribution in [0.1, 0.15) is 17.8 Å². The molecule has 2 rings (SSSR count). The normalized spacial score (nSPS) is 10.9. The SMILES string of the molecule is Cc1nc2ccc(I)cn2c1C=NNCCC#N. The Kier molecular flexibility index (Phi) is 4.15. The van der Waals surface area contributed by atoms with Gasteiger partial charge >= 0.3 is 0 Å². The minimum absolute atomic E-state index is 0.446. The van der Waals surface area contributed by atoms with Crippen molar-refractivity contribution in [2.75, 3.05) is 6.54 Å². The lowest BCUT2D eigenvalue weighted by Gasteiger charge is -1.98. The first-order valence-electron chi connectivity index (χ1n) is 5.49. The molecule has 5 nitrogen and oxygen atoms in total. The number of aryl methyl sites for hydroxylation is 1. The standard InChI is InChI=1S/C12H12IN5/c1-9-11(7-16-15-6-2-5-14)18-8-10(13)3-4-12(18)17-9/h3-4,7-8,15H,2,6H2,1H3. The molecule has 0 saturated carbocycles. The molecule has 0 amide bonds. The van der Waals surface area contributed by atoms with Crippen LogP contribution in [0.3, 0.4) is 0 Å². The second-order valence-corrected chi connectivity index (χ2v) is 4.98. The maximum absolute atomic E-state index is 8.41. The average molecular weight is 353 g/mol. The fourth-order valence-electron chi connectivity index (χ4n) is 1.59. The van der Waals surface area contributed by atoms with Gasteiger partial charge < -0.3 is 5.43 Å². The molecule has 0 saturated heterocycles. The summed E-state index contributed by atoms with van der Waals surface area (Å²) in [5, 5.41) is 12.5. The quantitative estimate of drug-likeness (QED) is 0.396. The number of nitriles is 1. The number of hydrazone groups is 1. The van der Waals surface area contributed by atoms with E-state index in [-0.39, 0.29) is 0 Å². The number of nitrogens with one attached hydrogen (secondary N) is 1. The summed E-state index contributed by atoms with van der Waals surface area (Å²) < 4.78 is 3.15. The molecule has 0 bridgehead atoms. The molecule has 2 heterocycles. The highest BCUT2D eigenvalue weighted by Crippen LogP contribution is 2.13. The summed E-state index contributed by atoms with van der Waals surface area (Å²) in [7, 11) is 0. The van der Waals surface area contributed by atoms with Gasteiger partial charge in [-0.2, -0.15) is 10.4 Å². The number of aromatic nitrogens is 2. The molecule has 0 spiro atoms. The zero-order chi connectivity index (χ0) is 13.0. The van der Waals surface area contributed by atoms with Crippen LogP contribution in [0, 0.1) is 21.8 Å². The Labute approximate surface area is 119 Å². The Morgan fingerprint density at radius 1 is 1.61 bits per heavy atom. The van der Waals surface area contributed by atoms with Crippen LogP contribution in [0.5, 0.6) is 0 Å². The number of hydrogen-bond donors (Lipinski definition) is 1. The third-order valence-corrected chi connectivity index (χ3v) is 3.07. The van der Waals surface area contributed by atoms with Crippen molar-refractivity contribution in [2.45, 2.75) is 13.3 Å². The molecule has 2 aromatic heterocycles. The lowest BCUT2D eigenvalue weighted by atomic mass is 10.4. The second kappa shape index (κ2) is 5.82. The first-order chi connectivity index (χ1) is 8.72. The number of hydrogen-bond acceptors (Lipinski definition) is 4. The molecule has 0 unspecified atom stereocenters. The van der Waals surface area contributed by atoms with Gasteiger partial charge in [0.05, 0.1) is 30.1 Å². The van der Waals surface area contributed by atoms with Crippen molar-refractivity contribution in [1.29, 1.82) is 5.26 Å². The molecule has 0 atom stereocenters. The number of fused-ring (bicyclic) bond motifs is 1. The molecule has 1 N–H and O–H groups in total. The molecule has 0 aliphatic heterocycles. The van der Waals surface area contributed by atoms with Crippen molar-refractivity contribution in [1.82, 2.24) is 14.8 Å². The van der Waals surface area contributed by atoms with Gasteiger partial charge in [0.1, 0.15) is 5.65 Å². The van der Waals surface area contributed by atoms with E-state index in [9.17, 15) is 0 Å². The summed E-state index contributed by atoms with van der Waals surface area (Å²) in [6.07, 6.45) is 4.21. The lowest BCUT2D eigenvalue weighted by molar-refractivity contribution is 0.750. The fourth-order valence-corrected chi connectivity index (χ4v) is 2.05. The summed E-state index contributed by atoms with van der Waals surface area (Å²) in [5.41, 5.74) is 5.63. The van der Waals surface area contributed by atoms with Gasteiger partial charge in [-0.3, -0.25) is 4.40 Å². The highest BCUT2D eigenvalue weighted by Gasteiger charge is 2.06. The number of imidazole rings is 1. The third-order valence-electron chi connectivity index (χ3n) is 2.43. The van der Waals surface area contributed by atoms with Crippen LogP contribution in [0.4, 0.5) is 0 Å². The van der Waals surface area contributed by atoms with Gasteiger partial charge in [-0.25, -0.2) is 4.98 Å². The van der Waals surface area contributed by atoms with Gasteiger partial charge in [0.25, 0.3) is 0 Å². The minimum Gasteiger partial charge on any atom is -0.309 e. The van der Waals surface area contributed by atoms with Gasteiger partial charge in [0.15, 0.2) is 0 Å². The van der Waals surface area contributed by atoms with Gasteiger partial charge in [0.2, 0.25) is 0 Å². The summed E-state index contributed by atoms with van der Waals surface area (Å²) >= 11 is 2.27. The van der Waals surface area contributed by atoms with E-state index in [1.165, 1.54) is 0 Å². The maximum atomic E-state index is 8.41. The summed E-state index contributed by atoms with van der Waals surface area (Å²) in [4.78, 5) is 4.46. The third kappa shape index (κ3) is 2.79. The molecule has 0 aliphatic carbocycles. The zero-order valence-corrected chi connectivity index (χ0v) is 12.0. The molecule has 0 radical (unpaired) electrons. The minimum atomic E-state index is 0.446. The summed E-state index contributed by atoms with van der Waals surface area (Å²) in [6, 6.07) is 6.06. The lowest BCUT2D eigenvalue weighted by Crippen LogP contribution is -2.07. The molecule has 6 heteroatoms. The van der Waals surface area contributed by atoms with Crippen molar-refractivity contribution in [3.63, 3.8) is 0 Å². The van der Waals surface area contributed by atoms with Crippen LogP contribution in [0.15, 0.2) is 23.4 Å². The molecular formula is C12H12IN5. The Hall–Kier alpha value is -1.62. The monoisotopic (exact) mass is 353 g/mol. The van der Waals surface area contributed by atoms with Crippen LogP contribution >= 0.6 is 22.6 Å². The van der Waals surface area contributed by atoms with E-state index in [1.807, 2.05) is 29.7 Å². The number of pyridine rings is 1. The molecule has 2 aromatic rings. The summed E-state index contributed by atoms with van der Waals surface area (Å²) in [5.74, 6) is 0. The summed E-state index contributed by atoms with van der Waals surface area (Å²) in [6.45, 7) is 2.51. The van der Waals surface area contributed by atoms with E-state index in [0.717, 1.165) is 20.6 Å². The van der Waals surface area contributed by atoms with E-state index in [1.54, 1.807) is 6.21 Å². The van der Waals surface area contributed by atoms with Crippen molar-refractivity contribution >= 4 is 34.5 Å². The van der Waals surface area contributed by atoms with E-state index >= 15 is 0 Å². The van der Waals surface area contributed by atoms with Crippen molar-refractivity contribution < 1.29 is 0 Å². The predicted molar refractivity (Wildman–Crippen MR) is 78.5 cm³/mol. The van der Waals surface area contributed by atoms with Gasteiger partial charge in [0, 0.05) is 16.3 Å².